The highest BCUT2D eigenvalue weighted by Gasteiger charge is 2.14. The molecule has 0 radical (unpaired) electrons. The lowest BCUT2D eigenvalue weighted by Crippen LogP contribution is -2.19. The lowest BCUT2D eigenvalue weighted by Gasteiger charge is -2.15. The third-order valence-corrected chi connectivity index (χ3v) is 3.30. The van der Waals surface area contributed by atoms with E-state index in [0.29, 0.717) is 5.13 Å². The first-order chi connectivity index (χ1) is 6.29. The van der Waals surface area contributed by atoms with Crippen LogP contribution in [-0.2, 0) is 12.8 Å². The molecular weight excluding hydrogens is 182 g/mol. The van der Waals surface area contributed by atoms with Gasteiger partial charge in [0.25, 0.3) is 0 Å². The second kappa shape index (κ2) is 3.38. The Morgan fingerprint density at radius 1 is 1.46 bits per heavy atom. The number of nitrogens with two attached hydrogens (primary N) is 1. The SMILES string of the molecule is C=CN1CCc2nc(N)sc2CC1. The summed E-state index contributed by atoms with van der Waals surface area (Å²) in [6.07, 6.45) is 3.95. The highest BCUT2D eigenvalue weighted by molar-refractivity contribution is 7.15. The molecular formula is C9H13N3S. The van der Waals surface area contributed by atoms with Gasteiger partial charge in [-0.3, -0.25) is 0 Å². The highest BCUT2D eigenvalue weighted by atomic mass is 32.1. The smallest absolute Gasteiger partial charge is 0.180 e. The number of nitrogens with zero attached hydrogens (tertiary/aromatic N) is 2. The zero-order valence-corrected chi connectivity index (χ0v) is 8.31. The van der Waals surface area contributed by atoms with Crippen LogP contribution in [0.15, 0.2) is 12.8 Å². The summed E-state index contributed by atoms with van der Waals surface area (Å²) in [7, 11) is 0. The first-order valence-electron chi connectivity index (χ1n) is 4.40. The fourth-order valence-corrected chi connectivity index (χ4v) is 2.45. The fraction of sp³-hybridized carbons (Fsp3) is 0.444. The summed E-state index contributed by atoms with van der Waals surface area (Å²) < 4.78 is 0. The molecule has 0 unspecified atom stereocenters. The number of anilines is 1. The van der Waals surface area contributed by atoms with Crippen LogP contribution >= 0.6 is 11.3 Å². The van der Waals surface area contributed by atoms with Crippen LogP contribution in [0.5, 0.6) is 0 Å². The molecule has 13 heavy (non-hydrogen) atoms. The van der Waals surface area contributed by atoms with Crippen molar-refractivity contribution in [3.05, 3.63) is 23.3 Å². The van der Waals surface area contributed by atoms with Crippen LogP contribution < -0.4 is 5.73 Å². The minimum Gasteiger partial charge on any atom is -0.377 e. The summed E-state index contributed by atoms with van der Waals surface area (Å²) in [4.78, 5) is 7.89. The summed E-state index contributed by atoms with van der Waals surface area (Å²) in [6.45, 7) is 5.83. The van der Waals surface area contributed by atoms with Crippen molar-refractivity contribution in [2.24, 2.45) is 0 Å². The molecule has 70 valence electrons. The Balaban J connectivity index is 2.19. The van der Waals surface area contributed by atoms with Gasteiger partial charge in [0.2, 0.25) is 0 Å². The lowest BCUT2D eigenvalue weighted by atomic mass is 10.2. The van der Waals surface area contributed by atoms with Gasteiger partial charge in [0.1, 0.15) is 0 Å². The van der Waals surface area contributed by atoms with E-state index in [0.717, 1.165) is 25.9 Å². The first kappa shape index (κ1) is 8.56. The molecule has 1 aliphatic heterocycles. The van der Waals surface area contributed by atoms with Crippen LogP contribution in [0.4, 0.5) is 5.13 Å². The van der Waals surface area contributed by atoms with Gasteiger partial charge in [0, 0.05) is 30.8 Å². The van der Waals surface area contributed by atoms with Gasteiger partial charge in [-0.15, -0.1) is 11.3 Å². The van der Waals surface area contributed by atoms with Gasteiger partial charge in [-0.25, -0.2) is 4.98 Å². The Morgan fingerprint density at radius 3 is 3.00 bits per heavy atom. The van der Waals surface area contributed by atoms with Crippen LogP contribution in [0, 0.1) is 0 Å². The Kier molecular flexibility index (Phi) is 2.22. The average Bonchev–Trinajstić information content (AvgIpc) is 2.37. The molecule has 1 aliphatic rings. The maximum absolute atomic E-state index is 5.65. The predicted molar refractivity (Wildman–Crippen MR) is 55.7 cm³/mol. The van der Waals surface area contributed by atoms with E-state index < -0.39 is 0 Å². The zero-order valence-electron chi connectivity index (χ0n) is 7.49. The maximum Gasteiger partial charge on any atom is 0.180 e. The van der Waals surface area contributed by atoms with Crippen LogP contribution in [0.1, 0.15) is 10.6 Å². The van der Waals surface area contributed by atoms with E-state index in [4.69, 9.17) is 5.73 Å². The molecule has 2 heterocycles. The Labute approximate surface area is 81.9 Å². The predicted octanol–water partition coefficient (Wildman–Crippen LogP) is 1.27. The Hall–Kier alpha value is -1.03. The number of aromatic nitrogens is 1. The number of hydrogen-bond donors (Lipinski definition) is 1. The van der Waals surface area contributed by atoms with E-state index in [1.807, 2.05) is 6.20 Å². The Bertz CT molecular complexity index is 293. The van der Waals surface area contributed by atoms with Crippen molar-refractivity contribution in [3.63, 3.8) is 0 Å². The van der Waals surface area contributed by atoms with Gasteiger partial charge >= 0.3 is 0 Å². The number of rotatable bonds is 1. The lowest BCUT2D eigenvalue weighted by molar-refractivity contribution is 0.396. The van der Waals surface area contributed by atoms with Crippen LogP contribution in [0.2, 0.25) is 0 Å². The molecule has 1 aromatic rings. The minimum absolute atomic E-state index is 0.706. The average molecular weight is 195 g/mol. The van der Waals surface area contributed by atoms with Gasteiger partial charge in [0.15, 0.2) is 5.13 Å². The number of thiazole rings is 1. The molecule has 4 heteroatoms. The van der Waals surface area contributed by atoms with Gasteiger partial charge in [-0.1, -0.05) is 6.58 Å². The maximum atomic E-state index is 5.65. The molecule has 0 saturated carbocycles. The quantitative estimate of drug-likeness (QED) is 0.733. The van der Waals surface area contributed by atoms with Gasteiger partial charge < -0.3 is 10.6 Å². The standard InChI is InChI=1S/C9H13N3S/c1-2-12-5-3-7-8(4-6-12)13-9(10)11-7/h2H,1,3-6H2,(H2,10,11). The summed E-state index contributed by atoms with van der Waals surface area (Å²) in [5.74, 6) is 0. The Morgan fingerprint density at radius 2 is 2.23 bits per heavy atom. The van der Waals surface area contributed by atoms with Crippen molar-refractivity contribution in [2.75, 3.05) is 18.8 Å². The van der Waals surface area contributed by atoms with Gasteiger partial charge in [0.05, 0.1) is 5.69 Å². The van der Waals surface area contributed by atoms with Crippen molar-refractivity contribution >= 4 is 16.5 Å². The largest absolute Gasteiger partial charge is 0.377 e. The molecule has 3 nitrogen and oxygen atoms in total. The molecule has 2 N–H and O–H groups in total. The van der Waals surface area contributed by atoms with Crippen LogP contribution in [0.3, 0.4) is 0 Å². The van der Waals surface area contributed by atoms with Crippen molar-refractivity contribution in [3.8, 4) is 0 Å². The van der Waals surface area contributed by atoms with E-state index in [1.165, 1.54) is 10.6 Å². The van der Waals surface area contributed by atoms with Crippen molar-refractivity contribution in [2.45, 2.75) is 12.8 Å². The summed E-state index contributed by atoms with van der Waals surface area (Å²) in [5, 5.41) is 0.706. The third kappa shape index (κ3) is 1.67. The number of fused-ring (bicyclic) bond motifs is 1. The molecule has 0 bridgehead atoms. The number of hydrogen-bond acceptors (Lipinski definition) is 4. The monoisotopic (exact) mass is 195 g/mol. The molecule has 2 rings (SSSR count). The molecule has 0 saturated heterocycles. The topological polar surface area (TPSA) is 42.2 Å². The van der Waals surface area contributed by atoms with E-state index in [2.05, 4.69) is 16.5 Å². The van der Waals surface area contributed by atoms with E-state index in [9.17, 15) is 0 Å². The van der Waals surface area contributed by atoms with Crippen LogP contribution in [-0.4, -0.2) is 23.0 Å². The molecule has 0 aliphatic carbocycles. The van der Waals surface area contributed by atoms with Crippen molar-refractivity contribution in [1.29, 1.82) is 0 Å². The molecule has 0 spiro atoms. The minimum atomic E-state index is 0.706. The second-order valence-corrected chi connectivity index (χ2v) is 4.26. The fourth-order valence-electron chi connectivity index (χ4n) is 1.58. The van der Waals surface area contributed by atoms with E-state index >= 15 is 0 Å². The van der Waals surface area contributed by atoms with Crippen LogP contribution in [0.25, 0.3) is 0 Å². The summed E-state index contributed by atoms with van der Waals surface area (Å²) in [5.41, 5.74) is 6.84. The highest BCUT2D eigenvalue weighted by Crippen LogP contribution is 2.23. The number of nitrogen functional groups attached to an aromatic ring is 1. The van der Waals surface area contributed by atoms with E-state index in [1.54, 1.807) is 11.3 Å². The van der Waals surface area contributed by atoms with Crippen molar-refractivity contribution in [1.82, 2.24) is 9.88 Å². The van der Waals surface area contributed by atoms with Crippen molar-refractivity contribution < 1.29 is 0 Å². The molecule has 1 aromatic heterocycles. The second-order valence-electron chi connectivity index (χ2n) is 3.14. The molecule has 0 amide bonds. The summed E-state index contributed by atoms with van der Waals surface area (Å²) >= 11 is 1.62. The first-order valence-corrected chi connectivity index (χ1v) is 5.22. The zero-order chi connectivity index (χ0) is 9.26. The third-order valence-electron chi connectivity index (χ3n) is 2.31. The molecule has 0 fully saturated rings. The summed E-state index contributed by atoms with van der Waals surface area (Å²) in [6, 6.07) is 0. The van der Waals surface area contributed by atoms with Gasteiger partial charge in [-0.05, 0) is 6.20 Å². The van der Waals surface area contributed by atoms with Gasteiger partial charge in [-0.2, -0.15) is 0 Å². The molecule has 0 aromatic carbocycles. The normalized spacial score (nSPS) is 16.5. The molecule has 0 atom stereocenters. The van der Waals surface area contributed by atoms with E-state index in [-0.39, 0.29) is 0 Å².